The largest absolute Gasteiger partial charge is 0.338 e. The van der Waals surface area contributed by atoms with E-state index < -0.39 is 11.4 Å². The molecule has 5 nitrogen and oxygen atoms in total. The summed E-state index contributed by atoms with van der Waals surface area (Å²) in [6.45, 7) is 2.31. The topological polar surface area (TPSA) is 55.2 Å². The van der Waals surface area contributed by atoms with Crippen molar-refractivity contribution in [3.8, 4) is 0 Å². The molecule has 4 rings (SSSR count). The van der Waals surface area contributed by atoms with Crippen molar-refractivity contribution in [3.05, 3.63) is 76.3 Å². The molecule has 0 saturated carbocycles. The number of likely N-dealkylation sites (tertiary alicyclic amines) is 1. The highest BCUT2D eigenvalue weighted by molar-refractivity contribution is 5.79. The summed E-state index contributed by atoms with van der Waals surface area (Å²) in [4.78, 5) is 31.3. The second-order valence-electron chi connectivity index (χ2n) is 7.22. The van der Waals surface area contributed by atoms with Crippen LogP contribution in [0, 0.1) is 11.6 Å². The van der Waals surface area contributed by atoms with Gasteiger partial charge in [0.05, 0.1) is 17.2 Å². The van der Waals surface area contributed by atoms with Gasteiger partial charge in [-0.1, -0.05) is 12.1 Å². The quantitative estimate of drug-likeness (QED) is 0.699. The third kappa shape index (κ3) is 3.40. The van der Waals surface area contributed by atoms with Crippen LogP contribution in [0.3, 0.4) is 0 Å². The summed E-state index contributed by atoms with van der Waals surface area (Å²) in [5.74, 6) is -0.884. The maximum atomic E-state index is 13.5. The SMILES string of the molecule is CC1CC(c2ccc(F)cc2)CN1C(=O)Cn1cnc2ccc(F)cc2c1=O. The molecule has 0 bridgehead atoms. The van der Waals surface area contributed by atoms with Crippen molar-refractivity contribution in [1.82, 2.24) is 14.5 Å². The van der Waals surface area contributed by atoms with E-state index in [1.165, 1.54) is 35.2 Å². The van der Waals surface area contributed by atoms with Crippen molar-refractivity contribution in [2.75, 3.05) is 6.54 Å². The summed E-state index contributed by atoms with van der Waals surface area (Å²) < 4.78 is 27.8. The predicted molar refractivity (Wildman–Crippen MR) is 101 cm³/mol. The molecule has 0 spiro atoms. The second kappa shape index (κ2) is 7.14. The van der Waals surface area contributed by atoms with Crippen molar-refractivity contribution in [1.29, 1.82) is 0 Å². The first-order chi connectivity index (χ1) is 13.4. The van der Waals surface area contributed by atoms with Gasteiger partial charge in [0.1, 0.15) is 18.2 Å². The summed E-state index contributed by atoms with van der Waals surface area (Å²) in [6.07, 6.45) is 2.09. The Kier molecular flexibility index (Phi) is 4.66. The maximum Gasteiger partial charge on any atom is 0.261 e. The van der Waals surface area contributed by atoms with Crippen LogP contribution in [0.15, 0.2) is 53.6 Å². The lowest BCUT2D eigenvalue weighted by atomic mass is 9.97. The van der Waals surface area contributed by atoms with Crippen LogP contribution in [0.2, 0.25) is 0 Å². The first-order valence-corrected chi connectivity index (χ1v) is 9.12. The predicted octanol–water partition coefficient (Wildman–Crippen LogP) is 3.08. The Morgan fingerprint density at radius 3 is 2.61 bits per heavy atom. The van der Waals surface area contributed by atoms with Crippen LogP contribution in [-0.4, -0.2) is 32.9 Å². The van der Waals surface area contributed by atoms with Gasteiger partial charge >= 0.3 is 0 Å². The first-order valence-electron chi connectivity index (χ1n) is 9.12. The second-order valence-corrected chi connectivity index (χ2v) is 7.22. The van der Waals surface area contributed by atoms with Gasteiger partial charge in [0.2, 0.25) is 5.91 Å². The van der Waals surface area contributed by atoms with Crippen LogP contribution >= 0.6 is 0 Å². The Morgan fingerprint density at radius 2 is 1.86 bits per heavy atom. The third-order valence-corrected chi connectivity index (χ3v) is 5.33. The minimum atomic E-state index is -0.522. The molecule has 2 unspecified atom stereocenters. The van der Waals surface area contributed by atoms with Gasteiger partial charge < -0.3 is 4.90 Å². The van der Waals surface area contributed by atoms with Gasteiger partial charge in [0.25, 0.3) is 5.56 Å². The van der Waals surface area contributed by atoms with Crippen molar-refractivity contribution in [2.45, 2.75) is 31.8 Å². The van der Waals surface area contributed by atoms with E-state index in [4.69, 9.17) is 0 Å². The summed E-state index contributed by atoms with van der Waals surface area (Å²) in [6, 6.07) is 10.1. The van der Waals surface area contributed by atoms with Crippen LogP contribution in [0.5, 0.6) is 0 Å². The Bertz CT molecular complexity index is 1090. The van der Waals surface area contributed by atoms with Crippen molar-refractivity contribution in [2.24, 2.45) is 0 Å². The molecular weight excluding hydrogens is 364 g/mol. The normalized spacial score (nSPS) is 19.3. The van der Waals surface area contributed by atoms with Crippen LogP contribution in [0.4, 0.5) is 8.78 Å². The molecule has 0 radical (unpaired) electrons. The zero-order chi connectivity index (χ0) is 19.8. The van der Waals surface area contributed by atoms with Crippen LogP contribution < -0.4 is 5.56 Å². The van der Waals surface area contributed by atoms with E-state index >= 15 is 0 Å². The minimum Gasteiger partial charge on any atom is -0.338 e. The molecule has 144 valence electrons. The molecule has 1 aliphatic heterocycles. The molecule has 1 fully saturated rings. The van der Waals surface area contributed by atoms with Gasteiger partial charge in [-0.15, -0.1) is 0 Å². The molecule has 0 N–H and O–H groups in total. The Balaban J connectivity index is 1.54. The number of amides is 1. The number of rotatable bonds is 3. The van der Waals surface area contributed by atoms with Crippen molar-refractivity contribution in [3.63, 3.8) is 0 Å². The maximum absolute atomic E-state index is 13.5. The van der Waals surface area contributed by atoms with Crippen LogP contribution in [0.1, 0.15) is 24.8 Å². The number of carbonyl (C=O) groups excluding carboxylic acids is 1. The zero-order valence-electron chi connectivity index (χ0n) is 15.3. The lowest BCUT2D eigenvalue weighted by Crippen LogP contribution is -2.38. The molecule has 1 aliphatic rings. The number of nitrogens with zero attached hydrogens (tertiary/aromatic N) is 3. The van der Waals surface area contributed by atoms with E-state index in [2.05, 4.69) is 4.98 Å². The number of benzene rings is 2. The fourth-order valence-corrected chi connectivity index (χ4v) is 3.84. The van der Waals surface area contributed by atoms with E-state index in [9.17, 15) is 18.4 Å². The Hall–Kier alpha value is -3.09. The standard InChI is InChI=1S/C21H19F2N3O2/c1-13-8-15(14-2-4-16(22)5-3-14)10-26(13)20(27)11-25-12-24-19-7-6-17(23)9-18(19)21(25)28/h2-7,9,12-13,15H,8,10-11H2,1H3. The number of halogens is 2. The number of carbonyl (C=O) groups is 1. The van der Waals surface area contributed by atoms with Crippen LogP contribution in [-0.2, 0) is 11.3 Å². The van der Waals surface area contributed by atoms with Gasteiger partial charge in [-0.25, -0.2) is 13.8 Å². The third-order valence-electron chi connectivity index (χ3n) is 5.33. The van der Waals surface area contributed by atoms with Gasteiger partial charge in [0, 0.05) is 18.5 Å². The van der Waals surface area contributed by atoms with Gasteiger partial charge in [-0.2, -0.15) is 0 Å². The number of aromatic nitrogens is 2. The van der Waals surface area contributed by atoms with Crippen LogP contribution in [0.25, 0.3) is 10.9 Å². The van der Waals surface area contributed by atoms with E-state index in [1.807, 2.05) is 6.92 Å². The minimum absolute atomic E-state index is 0.00381. The lowest BCUT2D eigenvalue weighted by Gasteiger charge is -2.22. The molecule has 28 heavy (non-hydrogen) atoms. The molecule has 0 aliphatic carbocycles. The summed E-state index contributed by atoms with van der Waals surface area (Å²) >= 11 is 0. The molecule has 1 aromatic heterocycles. The monoisotopic (exact) mass is 383 g/mol. The van der Waals surface area contributed by atoms with Gasteiger partial charge in [-0.05, 0) is 49.2 Å². The number of hydrogen-bond acceptors (Lipinski definition) is 3. The lowest BCUT2D eigenvalue weighted by molar-refractivity contribution is -0.132. The zero-order valence-corrected chi connectivity index (χ0v) is 15.3. The first kappa shape index (κ1) is 18.3. The summed E-state index contributed by atoms with van der Waals surface area (Å²) in [5.41, 5.74) is 0.935. The molecule has 7 heteroatoms. The van der Waals surface area contributed by atoms with Gasteiger partial charge in [-0.3, -0.25) is 14.2 Å². The number of fused-ring (bicyclic) bond motifs is 1. The molecule has 1 saturated heterocycles. The van der Waals surface area contributed by atoms with E-state index in [0.717, 1.165) is 18.1 Å². The highest BCUT2D eigenvalue weighted by Gasteiger charge is 2.33. The Labute approximate surface area is 160 Å². The van der Waals surface area contributed by atoms with E-state index in [1.54, 1.807) is 17.0 Å². The highest BCUT2D eigenvalue weighted by atomic mass is 19.1. The summed E-state index contributed by atoms with van der Waals surface area (Å²) in [5, 5.41) is 0.147. The Morgan fingerprint density at radius 1 is 1.14 bits per heavy atom. The van der Waals surface area contributed by atoms with Crippen molar-refractivity contribution >= 4 is 16.8 Å². The molecular formula is C21H19F2N3O2. The summed E-state index contributed by atoms with van der Waals surface area (Å²) in [7, 11) is 0. The smallest absolute Gasteiger partial charge is 0.261 e. The molecule has 2 heterocycles. The fraction of sp³-hybridized carbons (Fsp3) is 0.286. The van der Waals surface area contributed by atoms with Gasteiger partial charge in [0.15, 0.2) is 0 Å². The molecule has 2 atom stereocenters. The number of hydrogen-bond donors (Lipinski definition) is 0. The van der Waals surface area contributed by atoms with Crippen molar-refractivity contribution < 1.29 is 13.6 Å². The van der Waals surface area contributed by atoms with E-state index in [-0.39, 0.29) is 35.6 Å². The molecule has 1 amide bonds. The molecule has 2 aromatic carbocycles. The fourth-order valence-electron chi connectivity index (χ4n) is 3.84. The average molecular weight is 383 g/mol. The van der Waals surface area contributed by atoms with E-state index in [0.29, 0.717) is 12.1 Å². The average Bonchev–Trinajstić information content (AvgIpc) is 3.07. The highest BCUT2D eigenvalue weighted by Crippen LogP contribution is 2.31. The molecule has 3 aromatic rings.